The van der Waals surface area contributed by atoms with E-state index in [-0.39, 0.29) is 11.7 Å². The first-order chi connectivity index (χ1) is 12.7. The number of rotatable bonds is 7. The number of hydrogen-bond donors (Lipinski definition) is 1. The molecule has 1 heterocycles. The van der Waals surface area contributed by atoms with E-state index in [0.29, 0.717) is 18.1 Å². The Balaban J connectivity index is 1.70. The molecule has 0 aliphatic rings. The maximum atomic E-state index is 12.8. The van der Waals surface area contributed by atoms with Crippen LogP contribution in [0.5, 0.6) is 0 Å². The van der Waals surface area contributed by atoms with E-state index in [9.17, 15) is 9.59 Å². The summed E-state index contributed by atoms with van der Waals surface area (Å²) >= 11 is 1.21. The Kier molecular flexibility index (Phi) is 6.16. The Morgan fingerprint density at radius 3 is 2.08 bits per heavy atom. The summed E-state index contributed by atoms with van der Waals surface area (Å²) in [5.74, 6) is 0.169. The van der Waals surface area contributed by atoms with Crippen LogP contribution in [0.4, 0.5) is 0 Å². The van der Waals surface area contributed by atoms with Gasteiger partial charge in [-0.1, -0.05) is 72.4 Å². The molecule has 0 spiro atoms. The lowest BCUT2D eigenvalue weighted by molar-refractivity contribution is -0.129. The van der Waals surface area contributed by atoms with Crippen LogP contribution in [-0.4, -0.2) is 31.7 Å². The van der Waals surface area contributed by atoms with Gasteiger partial charge in [0.1, 0.15) is 5.03 Å². The highest BCUT2D eigenvalue weighted by molar-refractivity contribution is 7.99. The number of carbonyl (C=O) groups excluding carboxylic acids is 1. The van der Waals surface area contributed by atoms with E-state index in [2.05, 4.69) is 15.2 Å². The van der Waals surface area contributed by atoms with E-state index in [4.69, 9.17) is 0 Å². The van der Waals surface area contributed by atoms with Gasteiger partial charge in [0, 0.05) is 13.1 Å². The van der Waals surface area contributed by atoms with Crippen molar-refractivity contribution in [2.45, 2.75) is 18.1 Å². The van der Waals surface area contributed by atoms with Crippen molar-refractivity contribution in [1.29, 1.82) is 0 Å². The minimum atomic E-state index is -0.520. The molecule has 3 aromatic rings. The Bertz CT molecular complexity index is 858. The van der Waals surface area contributed by atoms with Gasteiger partial charge in [-0.25, -0.2) is 9.89 Å². The molecule has 3 rings (SSSR count). The number of nitrogens with zero attached hydrogens (tertiary/aromatic N) is 3. The van der Waals surface area contributed by atoms with Gasteiger partial charge in [0.25, 0.3) is 0 Å². The number of benzene rings is 2. The van der Waals surface area contributed by atoms with Crippen LogP contribution in [0.15, 0.2) is 76.7 Å². The monoisotopic (exact) mass is 366 g/mol. The quantitative estimate of drug-likeness (QED) is 0.650. The number of amides is 1. The van der Waals surface area contributed by atoms with E-state index in [1.165, 1.54) is 18.0 Å². The molecule has 132 valence electrons. The molecule has 0 saturated heterocycles. The average Bonchev–Trinajstić information content (AvgIpc) is 2.67. The highest BCUT2D eigenvalue weighted by atomic mass is 32.2. The summed E-state index contributed by atoms with van der Waals surface area (Å²) in [6.07, 6.45) is 1.44. The third-order valence-corrected chi connectivity index (χ3v) is 4.56. The van der Waals surface area contributed by atoms with Gasteiger partial charge in [-0.15, -0.1) is 0 Å². The van der Waals surface area contributed by atoms with Gasteiger partial charge in [0.2, 0.25) is 5.91 Å². The summed E-state index contributed by atoms with van der Waals surface area (Å²) in [4.78, 5) is 29.6. The molecule has 1 amide bonds. The predicted molar refractivity (Wildman–Crippen MR) is 101 cm³/mol. The molecular weight excluding hydrogens is 348 g/mol. The number of hydrogen-bond acceptors (Lipinski definition) is 5. The summed E-state index contributed by atoms with van der Waals surface area (Å²) in [7, 11) is 0. The van der Waals surface area contributed by atoms with E-state index in [1.807, 2.05) is 60.7 Å². The van der Waals surface area contributed by atoms with Crippen molar-refractivity contribution in [1.82, 2.24) is 20.1 Å². The van der Waals surface area contributed by atoms with Crippen molar-refractivity contribution in [2.24, 2.45) is 0 Å². The summed E-state index contributed by atoms with van der Waals surface area (Å²) < 4.78 is 0. The maximum absolute atomic E-state index is 12.8. The lowest BCUT2D eigenvalue weighted by Gasteiger charge is -2.23. The molecule has 0 aliphatic carbocycles. The van der Waals surface area contributed by atoms with Gasteiger partial charge in [-0.3, -0.25) is 4.79 Å². The number of H-pyrrole nitrogens is 1. The van der Waals surface area contributed by atoms with Crippen molar-refractivity contribution in [3.63, 3.8) is 0 Å². The van der Waals surface area contributed by atoms with Crippen LogP contribution in [0.3, 0.4) is 0 Å². The Labute approximate surface area is 155 Å². The Hall–Kier alpha value is -2.93. The second-order valence-electron chi connectivity index (χ2n) is 5.63. The van der Waals surface area contributed by atoms with Crippen LogP contribution < -0.4 is 5.69 Å². The molecule has 2 aromatic carbocycles. The predicted octanol–water partition coefficient (Wildman–Crippen LogP) is 2.49. The molecular formula is C19H18N4O2S. The summed E-state index contributed by atoms with van der Waals surface area (Å²) in [5, 5.41) is 6.35. The number of nitrogens with one attached hydrogen (secondary N) is 1. The largest absolute Gasteiger partial charge is 0.362 e. The Morgan fingerprint density at radius 2 is 1.54 bits per heavy atom. The van der Waals surface area contributed by atoms with Crippen LogP contribution in [-0.2, 0) is 17.9 Å². The topological polar surface area (TPSA) is 79.0 Å². The van der Waals surface area contributed by atoms with E-state index in [1.54, 1.807) is 4.90 Å². The van der Waals surface area contributed by atoms with Crippen molar-refractivity contribution < 1.29 is 4.79 Å². The zero-order valence-electron chi connectivity index (χ0n) is 14.0. The molecule has 0 aliphatic heterocycles. The first-order valence-corrected chi connectivity index (χ1v) is 9.09. The molecule has 0 atom stereocenters. The van der Waals surface area contributed by atoms with Gasteiger partial charge < -0.3 is 4.90 Å². The second kappa shape index (κ2) is 8.96. The van der Waals surface area contributed by atoms with Crippen LogP contribution in [0.25, 0.3) is 0 Å². The molecule has 0 radical (unpaired) electrons. The molecule has 0 fully saturated rings. The average molecular weight is 366 g/mol. The number of aromatic nitrogens is 3. The highest BCUT2D eigenvalue weighted by Gasteiger charge is 2.15. The minimum Gasteiger partial charge on any atom is -0.333 e. The molecule has 6 nitrogen and oxygen atoms in total. The second-order valence-corrected chi connectivity index (χ2v) is 6.63. The lowest BCUT2D eigenvalue weighted by Crippen LogP contribution is -2.31. The van der Waals surface area contributed by atoms with E-state index < -0.39 is 5.69 Å². The fourth-order valence-electron chi connectivity index (χ4n) is 2.43. The van der Waals surface area contributed by atoms with E-state index in [0.717, 1.165) is 11.1 Å². The van der Waals surface area contributed by atoms with Gasteiger partial charge in [0.15, 0.2) is 0 Å². The van der Waals surface area contributed by atoms with Crippen molar-refractivity contribution >= 4 is 17.7 Å². The molecule has 7 heteroatoms. The molecule has 0 bridgehead atoms. The van der Waals surface area contributed by atoms with Gasteiger partial charge in [-0.05, 0) is 11.1 Å². The third kappa shape index (κ3) is 5.29. The minimum absolute atomic E-state index is 0.0233. The van der Waals surface area contributed by atoms with Gasteiger partial charge in [-0.2, -0.15) is 10.1 Å². The van der Waals surface area contributed by atoms with Crippen LogP contribution in [0.2, 0.25) is 0 Å². The number of aromatic amines is 1. The summed E-state index contributed by atoms with van der Waals surface area (Å²) in [6, 6.07) is 19.7. The SMILES string of the molecule is O=C(CSc1cn[nH]c(=O)n1)N(Cc1ccccc1)Cc1ccccc1. The van der Waals surface area contributed by atoms with Crippen LogP contribution in [0.1, 0.15) is 11.1 Å². The van der Waals surface area contributed by atoms with Gasteiger partial charge in [0.05, 0.1) is 11.9 Å². The number of carbonyl (C=O) groups is 1. The molecule has 0 saturated carbocycles. The van der Waals surface area contributed by atoms with Crippen molar-refractivity contribution in [2.75, 3.05) is 5.75 Å². The smallest absolute Gasteiger partial charge is 0.333 e. The maximum Gasteiger partial charge on any atom is 0.362 e. The zero-order chi connectivity index (χ0) is 18.2. The highest BCUT2D eigenvalue weighted by Crippen LogP contribution is 2.16. The summed E-state index contributed by atoms with van der Waals surface area (Å²) in [6.45, 7) is 1.05. The normalized spacial score (nSPS) is 10.5. The lowest BCUT2D eigenvalue weighted by atomic mass is 10.1. The van der Waals surface area contributed by atoms with E-state index >= 15 is 0 Å². The standard InChI is InChI=1S/C19H18N4O2S/c24-18(14-26-17-11-20-22-19(25)21-17)23(12-15-7-3-1-4-8-15)13-16-9-5-2-6-10-16/h1-11H,12-14H2,(H,21,22,25). The fourth-order valence-corrected chi connectivity index (χ4v) is 3.16. The van der Waals surface area contributed by atoms with Crippen LogP contribution >= 0.6 is 11.8 Å². The molecule has 1 aromatic heterocycles. The Morgan fingerprint density at radius 1 is 0.962 bits per heavy atom. The van der Waals surface area contributed by atoms with Crippen LogP contribution in [0, 0.1) is 0 Å². The first-order valence-electron chi connectivity index (χ1n) is 8.11. The van der Waals surface area contributed by atoms with Gasteiger partial charge >= 0.3 is 5.69 Å². The summed E-state index contributed by atoms with van der Waals surface area (Å²) in [5.41, 5.74) is 1.61. The number of thioether (sulfide) groups is 1. The van der Waals surface area contributed by atoms with Crippen molar-refractivity contribution in [3.05, 3.63) is 88.5 Å². The molecule has 26 heavy (non-hydrogen) atoms. The molecule has 0 unspecified atom stereocenters. The first kappa shape index (κ1) is 17.9. The van der Waals surface area contributed by atoms with Crippen molar-refractivity contribution in [3.8, 4) is 0 Å². The zero-order valence-corrected chi connectivity index (χ0v) is 14.9. The third-order valence-electron chi connectivity index (χ3n) is 3.68. The molecule has 1 N–H and O–H groups in total. The fraction of sp³-hybridized carbons (Fsp3) is 0.158.